The number of hydrogen-bond acceptors (Lipinski definition) is 4. The number of hydrogen-bond donors (Lipinski definition) is 0. The number of para-hydroxylation sites is 1. The zero-order chi connectivity index (χ0) is 25.9. The van der Waals surface area contributed by atoms with Crippen LogP contribution >= 0.6 is 0 Å². The lowest BCUT2D eigenvalue weighted by Crippen LogP contribution is -2.51. The molecule has 2 aliphatic heterocycles. The molecule has 7 heteroatoms. The van der Waals surface area contributed by atoms with Gasteiger partial charge in [-0.2, -0.15) is 0 Å². The number of amides is 2. The highest BCUT2D eigenvalue weighted by atomic mass is 19.1. The smallest absolute Gasteiger partial charge is 0.256 e. The third-order valence-corrected chi connectivity index (χ3v) is 7.62. The molecule has 2 atom stereocenters. The molecular formula is C30H32FN3O3. The average Bonchev–Trinajstić information content (AvgIpc) is 3.38. The Kier molecular flexibility index (Phi) is 7.12. The van der Waals surface area contributed by atoms with Crippen molar-refractivity contribution >= 4 is 17.5 Å². The van der Waals surface area contributed by atoms with Crippen molar-refractivity contribution in [2.24, 2.45) is 5.92 Å². The molecule has 37 heavy (non-hydrogen) atoms. The summed E-state index contributed by atoms with van der Waals surface area (Å²) in [5.41, 5.74) is 3.44. The summed E-state index contributed by atoms with van der Waals surface area (Å²) in [5.74, 6) is -0.713. The van der Waals surface area contributed by atoms with Crippen molar-refractivity contribution in [1.29, 1.82) is 0 Å². The molecule has 6 nitrogen and oxygen atoms in total. The predicted molar refractivity (Wildman–Crippen MR) is 142 cm³/mol. The summed E-state index contributed by atoms with van der Waals surface area (Å²) in [7, 11) is 1.61. The van der Waals surface area contributed by atoms with Crippen LogP contribution in [0.25, 0.3) is 0 Å². The van der Waals surface area contributed by atoms with Crippen molar-refractivity contribution in [1.82, 2.24) is 9.80 Å². The van der Waals surface area contributed by atoms with E-state index in [-0.39, 0.29) is 29.8 Å². The van der Waals surface area contributed by atoms with Crippen LogP contribution in [0.15, 0.2) is 72.8 Å². The molecule has 2 amide bonds. The molecule has 2 aliphatic rings. The lowest BCUT2D eigenvalue weighted by Gasteiger charge is -2.38. The van der Waals surface area contributed by atoms with Crippen LogP contribution in [0, 0.1) is 18.7 Å². The summed E-state index contributed by atoms with van der Waals surface area (Å²) in [6.07, 6.45) is 0. The molecule has 5 rings (SSSR count). The van der Waals surface area contributed by atoms with Crippen molar-refractivity contribution in [2.45, 2.75) is 12.8 Å². The maximum atomic E-state index is 14.4. The fourth-order valence-electron chi connectivity index (χ4n) is 5.53. The van der Waals surface area contributed by atoms with E-state index in [2.05, 4.69) is 24.0 Å². The van der Waals surface area contributed by atoms with E-state index in [1.165, 1.54) is 23.4 Å². The summed E-state index contributed by atoms with van der Waals surface area (Å²) >= 11 is 0. The van der Waals surface area contributed by atoms with Gasteiger partial charge in [0.05, 0.1) is 18.6 Å². The zero-order valence-electron chi connectivity index (χ0n) is 21.3. The minimum Gasteiger partial charge on any atom is -0.497 e. The predicted octanol–water partition coefficient (Wildman–Crippen LogP) is 4.35. The van der Waals surface area contributed by atoms with Gasteiger partial charge < -0.3 is 19.4 Å². The number of nitrogens with zero attached hydrogens (tertiary/aromatic N) is 3. The Labute approximate surface area is 217 Å². The Balaban J connectivity index is 1.35. The molecule has 0 unspecified atom stereocenters. The molecule has 2 heterocycles. The second kappa shape index (κ2) is 10.6. The SMILES string of the molecule is COc1ccc([C@H]2CN(C(=O)c3ccccc3F)C[C@H]2C(=O)N2CCN(c3ccccc3C)CC2)cc1. The van der Waals surface area contributed by atoms with Crippen molar-refractivity contribution in [3.63, 3.8) is 0 Å². The second-order valence-corrected chi connectivity index (χ2v) is 9.77. The van der Waals surface area contributed by atoms with Crippen molar-refractivity contribution < 1.29 is 18.7 Å². The topological polar surface area (TPSA) is 53.1 Å². The molecule has 0 N–H and O–H groups in total. The summed E-state index contributed by atoms with van der Waals surface area (Å²) in [6.45, 7) is 5.50. The van der Waals surface area contributed by atoms with E-state index in [1.54, 1.807) is 24.1 Å². The van der Waals surface area contributed by atoms with Gasteiger partial charge in [-0.3, -0.25) is 9.59 Å². The van der Waals surface area contributed by atoms with Crippen LogP contribution in [0.4, 0.5) is 10.1 Å². The first-order chi connectivity index (χ1) is 18.0. The Hall–Kier alpha value is -3.87. The summed E-state index contributed by atoms with van der Waals surface area (Å²) in [6, 6.07) is 22.0. The number of methoxy groups -OCH3 is 1. The molecule has 0 aromatic heterocycles. The monoisotopic (exact) mass is 501 g/mol. The Morgan fingerprint density at radius 2 is 1.51 bits per heavy atom. The van der Waals surface area contributed by atoms with Gasteiger partial charge in [-0.1, -0.05) is 42.5 Å². The molecule has 2 fully saturated rings. The van der Waals surface area contributed by atoms with Crippen molar-refractivity contribution in [3.8, 4) is 5.75 Å². The van der Waals surface area contributed by atoms with Gasteiger partial charge in [0.25, 0.3) is 5.91 Å². The van der Waals surface area contributed by atoms with Gasteiger partial charge in [-0.05, 0) is 48.4 Å². The van der Waals surface area contributed by atoms with Crippen LogP contribution in [0.2, 0.25) is 0 Å². The number of carbonyl (C=O) groups excluding carboxylic acids is 2. The molecule has 3 aromatic rings. The fourth-order valence-corrected chi connectivity index (χ4v) is 5.53. The highest BCUT2D eigenvalue weighted by Gasteiger charge is 2.43. The number of halogens is 1. The van der Waals surface area contributed by atoms with Crippen molar-refractivity contribution in [3.05, 3.63) is 95.3 Å². The van der Waals surface area contributed by atoms with Crippen molar-refractivity contribution in [2.75, 3.05) is 51.3 Å². The summed E-state index contributed by atoms with van der Waals surface area (Å²) < 4.78 is 19.7. The molecule has 3 aromatic carbocycles. The first-order valence-corrected chi connectivity index (χ1v) is 12.7. The van der Waals surface area contributed by atoms with Gasteiger partial charge in [0.2, 0.25) is 5.91 Å². The number of aryl methyl sites for hydroxylation is 1. The largest absolute Gasteiger partial charge is 0.497 e. The quantitative estimate of drug-likeness (QED) is 0.522. The van der Waals surface area contributed by atoms with Gasteiger partial charge in [0, 0.05) is 50.9 Å². The molecule has 0 bridgehead atoms. The van der Waals surface area contributed by atoms with E-state index in [0.717, 1.165) is 24.4 Å². The highest BCUT2D eigenvalue weighted by Crippen LogP contribution is 2.36. The lowest BCUT2D eigenvalue weighted by atomic mass is 9.87. The maximum absolute atomic E-state index is 14.4. The van der Waals surface area contributed by atoms with E-state index in [4.69, 9.17) is 4.74 Å². The van der Waals surface area contributed by atoms with E-state index >= 15 is 0 Å². The van der Waals surface area contributed by atoms with E-state index in [1.807, 2.05) is 41.3 Å². The minimum atomic E-state index is -0.546. The van der Waals surface area contributed by atoms with E-state index in [0.29, 0.717) is 19.6 Å². The Morgan fingerprint density at radius 3 is 2.19 bits per heavy atom. The van der Waals surface area contributed by atoms with Crippen LogP contribution in [-0.2, 0) is 4.79 Å². The second-order valence-electron chi connectivity index (χ2n) is 9.77. The molecule has 2 saturated heterocycles. The van der Waals surface area contributed by atoms with Crippen LogP contribution < -0.4 is 9.64 Å². The number of likely N-dealkylation sites (tertiary alicyclic amines) is 1. The number of benzene rings is 3. The highest BCUT2D eigenvalue weighted by molar-refractivity contribution is 5.95. The Morgan fingerprint density at radius 1 is 0.838 bits per heavy atom. The van der Waals surface area contributed by atoms with Crippen LogP contribution in [-0.4, -0.2) is 68.0 Å². The lowest BCUT2D eigenvalue weighted by molar-refractivity contribution is -0.135. The minimum absolute atomic E-state index is 0.0379. The Bertz CT molecular complexity index is 1270. The number of carbonyl (C=O) groups is 2. The van der Waals surface area contributed by atoms with Gasteiger partial charge in [-0.15, -0.1) is 0 Å². The third kappa shape index (κ3) is 5.03. The number of piperazine rings is 1. The first-order valence-electron chi connectivity index (χ1n) is 12.7. The number of rotatable bonds is 5. The van der Waals surface area contributed by atoms with Gasteiger partial charge in [0.1, 0.15) is 11.6 Å². The van der Waals surface area contributed by atoms with Crippen LogP contribution in [0.1, 0.15) is 27.4 Å². The van der Waals surface area contributed by atoms with Gasteiger partial charge >= 0.3 is 0 Å². The number of ether oxygens (including phenoxy) is 1. The van der Waals surface area contributed by atoms with Crippen LogP contribution in [0.5, 0.6) is 5.75 Å². The fraction of sp³-hybridized carbons (Fsp3) is 0.333. The molecule has 0 saturated carbocycles. The van der Waals surface area contributed by atoms with Crippen LogP contribution in [0.3, 0.4) is 0 Å². The van der Waals surface area contributed by atoms with E-state index in [9.17, 15) is 14.0 Å². The third-order valence-electron chi connectivity index (χ3n) is 7.62. The molecule has 0 aliphatic carbocycles. The normalized spacial score (nSPS) is 19.7. The molecule has 0 spiro atoms. The summed E-state index contributed by atoms with van der Waals surface area (Å²) in [4.78, 5) is 33.0. The maximum Gasteiger partial charge on any atom is 0.256 e. The molecular weight excluding hydrogens is 469 g/mol. The summed E-state index contributed by atoms with van der Waals surface area (Å²) in [5, 5.41) is 0. The van der Waals surface area contributed by atoms with Gasteiger partial charge in [-0.25, -0.2) is 4.39 Å². The number of anilines is 1. The van der Waals surface area contributed by atoms with E-state index < -0.39 is 11.7 Å². The zero-order valence-corrected chi connectivity index (χ0v) is 21.3. The first kappa shape index (κ1) is 24.8. The van der Waals surface area contributed by atoms with Gasteiger partial charge in [0.15, 0.2) is 0 Å². The standard InChI is InChI=1S/C30H32FN3O3/c1-21-7-3-6-10-28(21)32-15-17-33(18-16-32)30(36)26-20-34(29(35)24-8-4-5-9-27(24)31)19-25(26)22-11-13-23(37-2)14-12-22/h3-14,25-26H,15-20H2,1-2H3/t25-,26-/m1/s1. The average molecular weight is 502 g/mol. The molecule has 192 valence electrons. The molecule has 0 radical (unpaired) electrons.